The van der Waals surface area contributed by atoms with E-state index in [1.807, 2.05) is 37.3 Å². The van der Waals surface area contributed by atoms with E-state index in [4.69, 9.17) is 4.74 Å². The third kappa shape index (κ3) is 2.97. The minimum absolute atomic E-state index is 0.228. The van der Waals surface area contributed by atoms with Crippen LogP contribution in [0.15, 0.2) is 42.9 Å². The van der Waals surface area contributed by atoms with Crippen molar-refractivity contribution in [3.63, 3.8) is 0 Å². The van der Waals surface area contributed by atoms with E-state index in [2.05, 4.69) is 9.97 Å². The van der Waals surface area contributed by atoms with Crippen molar-refractivity contribution in [2.24, 2.45) is 0 Å². The van der Waals surface area contributed by atoms with Crippen molar-refractivity contribution in [2.45, 2.75) is 25.9 Å². The second kappa shape index (κ2) is 6.00. The highest BCUT2D eigenvalue weighted by Gasteiger charge is 2.21. The molecule has 2 rings (SSSR count). The number of imidazole rings is 1. The molecule has 0 aliphatic carbocycles. The standard InChI is InChI=1S/C14H16N2O2/c1-2-12(13-8-15-10-16-13)14(17)18-9-11-6-4-3-5-7-11/h3-8,10,12H,2,9H2,1H3,(H,15,16). The van der Waals surface area contributed by atoms with Crippen LogP contribution in [-0.2, 0) is 16.1 Å². The molecule has 0 amide bonds. The highest BCUT2D eigenvalue weighted by molar-refractivity contribution is 5.77. The molecule has 0 aliphatic heterocycles. The van der Waals surface area contributed by atoms with Crippen LogP contribution in [0.5, 0.6) is 0 Å². The zero-order valence-corrected chi connectivity index (χ0v) is 10.3. The van der Waals surface area contributed by atoms with Crippen molar-refractivity contribution in [1.29, 1.82) is 0 Å². The zero-order valence-electron chi connectivity index (χ0n) is 10.3. The number of H-pyrrole nitrogens is 1. The summed E-state index contributed by atoms with van der Waals surface area (Å²) in [6.45, 7) is 2.25. The van der Waals surface area contributed by atoms with E-state index in [9.17, 15) is 4.79 Å². The van der Waals surface area contributed by atoms with Crippen LogP contribution in [0.1, 0.15) is 30.5 Å². The van der Waals surface area contributed by atoms with Crippen LogP contribution < -0.4 is 0 Å². The number of carbonyl (C=O) groups is 1. The molecule has 1 aromatic carbocycles. The number of aromatic nitrogens is 2. The number of aromatic amines is 1. The second-order valence-corrected chi connectivity index (χ2v) is 4.05. The Morgan fingerprint density at radius 3 is 2.78 bits per heavy atom. The third-order valence-corrected chi connectivity index (χ3v) is 2.79. The maximum absolute atomic E-state index is 12.0. The van der Waals surface area contributed by atoms with Crippen LogP contribution in [0.2, 0.25) is 0 Å². The quantitative estimate of drug-likeness (QED) is 0.823. The molecule has 1 heterocycles. The summed E-state index contributed by atoms with van der Waals surface area (Å²) in [6, 6.07) is 9.65. The normalized spacial score (nSPS) is 12.1. The molecule has 1 atom stereocenters. The molecule has 18 heavy (non-hydrogen) atoms. The number of benzene rings is 1. The van der Waals surface area contributed by atoms with E-state index in [1.165, 1.54) is 0 Å². The van der Waals surface area contributed by atoms with Gasteiger partial charge >= 0.3 is 5.97 Å². The van der Waals surface area contributed by atoms with Gasteiger partial charge in [-0.1, -0.05) is 37.3 Å². The Kier molecular flexibility index (Phi) is 4.12. The number of ether oxygens (including phenoxy) is 1. The lowest BCUT2D eigenvalue weighted by atomic mass is 10.0. The number of esters is 1. The zero-order chi connectivity index (χ0) is 12.8. The summed E-state index contributed by atoms with van der Waals surface area (Å²) < 4.78 is 5.31. The predicted molar refractivity (Wildman–Crippen MR) is 67.9 cm³/mol. The fraction of sp³-hybridized carbons (Fsp3) is 0.286. The number of nitrogens with zero attached hydrogens (tertiary/aromatic N) is 1. The van der Waals surface area contributed by atoms with Gasteiger partial charge in [0.1, 0.15) is 12.5 Å². The molecule has 0 saturated carbocycles. The highest BCUT2D eigenvalue weighted by atomic mass is 16.5. The number of hydrogen-bond donors (Lipinski definition) is 1. The molecule has 2 aromatic rings. The summed E-state index contributed by atoms with van der Waals surface area (Å²) >= 11 is 0. The van der Waals surface area contributed by atoms with Gasteiger partial charge in [0.15, 0.2) is 0 Å². The van der Waals surface area contributed by atoms with Gasteiger partial charge < -0.3 is 9.72 Å². The van der Waals surface area contributed by atoms with Gasteiger partial charge in [-0.25, -0.2) is 4.98 Å². The topological polar surface area (TPSA) is 55.0 Å². The average Bonchev–Trinajstić information content (AvgIpc) is 2.92. The summed E-state index contributed by atoms with van der Waals surface area (Å²) in [5.74, 6) is -0.520. The Bertz CT molecular complexity index is 480. The van der Waals surface area contributed by atoms with Gasteiger partial charge in [0.05, 0.1) is 12.0 Å². The minimum Gasteiger partial charge on any atom is -0.460 e. The van der Waals surface area contributed by atoms with Crippen LogP contribution in [0, 0.1) is 0 Å². The van der Waals surface area contributed by atoms with Crippen molar-refractivity contribution in [2.75, 3.05) is 0 Å². The van der Waals surface area contributed by atoms with Crippen LogP contribution in [0.25, 0.3) is 0 Å². The van der Waals surface area contributed by atoms with Gasteiger partial charge in [0.2, 0.25) is 0 Å². The molecule has 1 aromatic heterocycles. The second-order valence-electron chi connectivity index (χ2n) is 4.05. The van der Waals surface area contributed by atoms with Crippen molar-refractivity contribution in [1.82, 2.24) is 9.97 Å². The molecular weight excluding hydrogens is 228 g/mol. The molecule has 0 radical (unpaired) electrons. The lowest BCUT2D eigenvalue weighted by Crippen LogP contribution is -2.15. The van der Waals surface area contributed by atoms with Crippen LogP contribution >= 0.6 is 0 Å². The van der Waals surface area contributed by atoms with Gasteiger partial charge in [0.25, 0.3) is 0 Å². The predicted octanol–water partition coefficient (Wildman–Crippen LogP) is 2.65. The average molecular weight is 244 g/mol. The van der Waals surface area contributed by atoms with Crippen molar-refractivity contribution in [3.05, 3.63) is 54.1 Å². The van der Waals surface area contributed by atoms with E-state index in [-0.39, 0.29) is 11.9 Å². The van der Waals surface area contributed by atoms with Crippen LogP contribution in [-0.4, -0.2) is 15.9 Å². The first-order valence-corrected chi connectivity index (χ1v) is 6.00. The minimum atomic E-state index is -0.292. The fourth-order valence-corrected chi connectivity index (χ4v) is 1.79. The maximum atomic E-state index is 12.0. The molecule has 94 valence electrons. The summed E-state index contributed by atoms with van der Waals surface area (Å²) in [6.07, 6.45) is 3.99. The van der Waals surface area contributed by atoms with Gasteiger partial charge in [-0.05, 0) is 12.0 Å². The van der Waals surface area contributed by atoms with Gasteiger partial charge in [0, 0.05) is 6.20 Å². The summed E-state index contributed by atoms with van der Waals surface area (Å²) in [5.41, 5.74) is 1.72. The smallest absolute Gasteiger partial charge is 0.315 e. The molecule has 0 bridgehead atoms. The number of carbonyl (C=O) groups excluding carboxylic acids is 1. The first kappa shape index (κ1) is 12.4. The fourth-order valence-electron chi connectivity index (χ4n) is 1.79. The molecule has 4 heteroatoms. The van der Waals surface area contributed by atoms with Crippen molar-refractivity contribution >= 4 is 5.97 Å². The molecule has 1 N–H and O–H groups in total. The third-order valence-electron chi connectivity index (χ3n) is 2.79. The lowest BCUT2D eigenvalue weighted by molar-refractivity contribution is -0.147. The first-order chi connectivity index (χ1) is 8.81. The summed E-state index contributed by atoms with van der Waals surface area (Å²) in [7, 11) is 0. The Labute approximate surface area is 106 Å². The van der Waals surface area contributed by atoms with E-state index in [1.54, 1.807) is 12.5 Å². The monoisotopic (exact) mass is 244 g/mol. The number of hydrogen-bond acceptors (Lipinski definition) is 3. The molecule has 0 fully saturated rings. The first-order valence-electron chi connectivity index (χ1n) is 6.00. The maximum Gasteiger partial charge on any atom is 0.315 e. The summed E-state index contributed by atoms with van der Waals surface area (Å²) in [5, 5.41) is 0. The number of nitrogens with one attached hydrogen (secondary N) is 1. The van der Waals surface area contributed by atoms with Crippen molar-refractivity contribution in [3.8, 4) is 0 Å². The Balaban J connectivity index is 1.95. The van der Waals surface area contributed by atoms with Gasteiger partial charge in [-0.3, -0.25) is 4.79 Å². The van der Waals surface area contributed by atoms with Crippen LogP contribution in [0.3, 0.4) is 0 Å². The van der Waals surface area contributed by atoms with E-state index < -0.39 is 0 Å². The molecule has 0 spiro atoms. The molecule has 1 unspecified atom stereocenters. The largest absolute Gasteiger partial charge is 0.460 e. The van der Waals surface area contributed by atoms with Crippen LogP contribution in [0.4, 0.5) is 0 Å². The highest BCUT2D eigenvalue weighted by Crippen LogP contribution is 2.19. The van der Waals surface area contributed by atoms with E-state index >= 15 is 0 Å². The summed E-state index contributed by atoms with van der Waals surface area (Å²) in [4.78, 5) is 18.9. The SMILES string of the molecule is CCC(C(=O)OCc1ccccc1)c1c[nH]cn1. The Morgan fingerprint density at radius 2 is 2.17 bits per heavy atom. The Morgan fingerprint density at radius 1 is 1.39 bits per heavy atom. The molecule has 0 saturated heterocycles. The van der Waals surface area contributed by atoms with Crippen molar-refractivity contribution < 1.29 is 9.53 Å². The lowest BCUT2D eigenvalue weighted by Gasteiger charge is -2.11. The van der Waals surface area contributed by atoms with Gasteiger partial charge in [-0.2, -0.15) is 0 Å². The number of rotatable bonds is 5. The van der Waals surface area contributed by atoms with E-state index in [0.717, 1.165) is 11.3 Å². The molecule has 0 aliphatic rings. The van der Waals surface area contributed by atoms with Gasteiger partial charge in [-0.15, -0.1) is 0 Å². The molecule has 4 nitrogen and oxygen atoms in total. The molecular formula is C14H16N2O2. The Hall–Kier alpha value is -2.10. The van der Waals surface area contributed by atoms with E-state index in [0.29, 0.717) is 13.0 Å².